The number of hydrogen-bond acceptors (Lipinski definition) is 2. The molecule has 0 bridgehead atoms. The van der Waals surface area contributed by atoms with Crippen LogP contribution in [0, 0.1) is 0 Å². The highest BCUT2D eigenvalue weighted by molar-refractivity contribution is 6.68. The lowest BCUT2D eigenvalue weighted by Gasteiger charge is -2.20. The first kappa shape index (κ1) is 14.4. The summed E-state index contributed by atoms with van der Waals surface area (Å²) in [5.74, 6) is -0.504. The van der Waals surface area contributed by atoms with Gasteiger partial charge in [-0.3, -0.25) is 4.79 Å². The van der Waals surface area contributed by atoms with Crippen LogP contribution in [0.5, 0.6) is 0 Å². The average Bonchev–Trinajstić information content (AvgIpc) is 2.36. The highest BCUT2D eigenvalue weighted by Crippen LogP contribution is 2.29. The van der Waals surface area contributed by atoms with Crippen LogP contribution in [0.3, 0.4) is 0 Å². The Balaban J connectivity index is 2.32. The minimum absolute atomic E-state index is 0.409. The molecule has 2 N–H and O–H groups in total. The molecule has 1 amide bonds. The Morgan fingerprint density at radius 3 is 2.42 bits per heavy atom. The van der Waals surface area contributed by atoms with Crippen molar-refractivity contribution in [1.82, 2.24) is 5.32 Å². The van der Waals surface area contributed by atoms with E-state index in [-0.39, 0.29) is 0 Å². The molecule has 0 unspecified atom stereocenters. The number of hydrogen-bond donors (Lipinski definition) is 2. The second-order valence-corrected chi connectivity index (χ2v) is 6.31. The van der Waals surface area contributed by atoms with Crippen molar-refractivity contribution in [3.05, 3.63) is 48.0 Å². The van der Waals surface area contributed by atoms with Crippen molar-refractivity contribution >= 4 is 51.5 Å². The van der Waals surface area contributed by atoms with Crippen molar-refractivity contribution < 1.29 is 9.90 Å². The number of rotatable bonds is 2. The molecule has 0 aromatic heterocycles. The van der Waals surface area contributed by atoms with Crippen molar-refractivity contribution in [3.8, 4) is 0 Å². The SMILES string of the molecule is O=C(N[C@@H](O)C(Cl)(Cl)Cl)c1cccc2ccccc12. The van der Waals surface area contributed by atoms with Gasteiger partial charge in [0.05, 0.1) is 0 Å². The zero-order valence-electron chi connectivity index (χ0n) is 9.61. The number of amides is 1. The Labute approximate surface area is 125 Å². The maximum Gasteiger partial charge on any atom is 0.254 e. The molecule has 2 aromatic carbocycles. The molecule has 0 spiro atoms. The zero-order valence-corrected chi connectivity index (χ0v) is 11.9. The minimum Gasteiger partial charge on any atom is -0.369 e. The molecule has 6 heteroatoms. The molecule has 1 atom stereocenters. The monoisotopic (exact) mass is 317 g/mol. The van der Waals surface area contributed by atoms with Gasteiger partial charge in [0, 0.05) is 5.56 Å². The van der Waals surface area contributed by atoms with E-state index < -0.39 is 15.9 Å². The second-order valence-electron chi connectivity index (χ2n) is 3.94. The van der Waals surface area contributed by atoms with Crippen molar-refractivity contribution in [1.29, 1.82) is 0 Å². The third-order valence-electron chi connectivity index (χ3n) is 2.61. The molecule has 0 aliphatic rings. The van der Waals surface area contributed by atoms with Gasteiger partial charge in [-0.15, -0.1) is 0 Å². The lowest BCUT2D eigenvalue weighted by atomic mass is 10.0. The van der Waals surface area contributed by atoms with Crippen LogP contribution in [-0.4, -0.2) is 21.0 Å². The van der Waals surface area contributed by atoms with Crippen LogP contribution in [0.25, 0.3) is 10.8 Å². The Morgan fingerprint density at radius 1 is 1.11 bits per heavy atom. The molecule has 0 aliphatic heterocycles. The van der Waals surface area contributed by atoms with Crippen molar-refractivity contribution in [2.75, 3.05) is 0 Å². The molecular formula is C13H10Cl3NO2. The van der Waals surface area contributed by atoms with Gasteiger partial charge >= 0.3 is 0 Å². The molecule has 0 aliphatic carbocycles. The quantitative estimate of drug-likeness (QED) is 0.659. The van der Waals surface area contributed by atoms with Gasteiger partial charge in [-0.05, 0) is 16.8 Å². The maximum absolute atomic E-state index is 12.1. The average molecular weight is 319 g/mol. The van der Waals surface area contributed by atoms with Crippen LogP contribution < -0.4 is 5.32 Å². The van der Waals surface area contributed by atoms with E-state index >= 15 is 0 Å². The molecule has 2 aromatic rings. The molecule has 3 nitrogen and oxygen atoms in total. The molecule has 2 rings (SSSR count). The minimum atomic E-state index is -1.97. The lowest BCUT2D eigenvalue weighted by Crippen LogP contribution is -2.43. The predicted octanol–water partition coefficient (Wildman–Crippen LogP) is 3.26. The van der Waals surface area contributed by atoms with E-state index in [1.807, 2.05) is 30.3 Å². The van der Waals surface area contributed by atoms with Gasteiger partial charge in [-0.25, -0.2) is 0 Å². The number of aliphatic hydroxyl groups excluding tert-OH is 1. The van der Waals surface area contributed by atoms with Crippen LogP contribution in [0.1, 0.15) is 10.4 Å². The number of halogens is 3. The van der Waals surface area contributed by atoms with E-state index in [0.29, 0.717) is 5.56 Å². The molecular weight excluding hydrogens is 309 g/mol. The lowest BCUT2D eigenvalue weighted by molar-refractivity contribution is 0.0793. The highest BCUT2D eigenvalue weighted by atomic mass is 35.6. The van der Waals surface area contributed by atoms with Crippen molar-refractivity contribution in [2.45, 2.75) is 10.0 Å². The molecule has 0 heterocycles. The number of aliphatic hydroxyl groups is 1. The van der Waals surface area contributed by atoms with Crippen LogP contribution >= 0.6 is 34.8 Å². The first-order chi connectivity index (χ1) is 8.89. The molecule has 0 saturated heterocycles. The third-order valence-corrected chi connectivity index (χ3v) is 3.23. The fourth-order valence-electron chi connectivity index (χ4n) is 1.71. The largest absolute Gasteiger partial charge is 0.369 e. The summed E-state index contributed by atoms with van der Waals surface area (Å²) in [6, 6.07) is 12.7. The summed E-state index contributed by atoms with van der Waals surface area (Å²) < 4.78 is -1.97. The van der Waals surface area contributed by atoms with Gasteiger partial charge in [0.25, 0.3) is 5.91 Å². The predicted molar refractivity (Wildman–Crippen MR) is 77.7 cm³/mol. The summed E-state index contributed by atoms with van der Waals surface area (Å²) in [5, 5.41) is 13.5. The molecule has 19 heavy (non-hydrogen) atoms. The summed E-state index contributed by atoms with van der Waals surface area (Å²) in [5.41, 5.74) is 0.409. The van der Waals surface area contributed by atoms with Crippen molar-refractivity contribution in [3.63, 3.8) is 0 Å². The van der Waals surface area contributed by atoms with Crippen LogP contribution in [0.2, 0.25) is 0 Å². The van der Waals surface area contributed by atoms with Gasteiger partial charge in [-0.1, -0.05) is 71.2 Å². The molecule has 100 valence electrons. The maximum atomic E-state index is 12.1. The van der Waals surface area contributed by atoms with Gasteiger partial charge in [-0.2, -0.15) is 0 Å². The van der Waals surface area contributed by atoms with E-state index in [9.17, 15) is 9.90 Å². The van der Waals surface area contributed by atoms with Gasteiger partial charge < -0.3 is 10.4 Å². The standard InChI is InChI=1S/C13H10Cl3NO2/c14-13(15,16)12(19)17-11(18)10-7-3-5-8-4-1-2-6-9(8)10/h1-7,12,19H,(H,17,18)/t12-/m0/s1. The third kappa shape index (κ3) is 3.31. The summed E-state index contributed by atoms with van der Waals surface area (Å²) in [6.07, 6.45) is -1.58. The topological polar surface area (TPSA) is 49.3 Å². The molecule has 0 saturated carbocycles. The summed E-state index contributed by atoms with van der Waals surface area (Å²) >= 11 is 16.5. The Hall–Kier alpha value is -1.00. The zero-order chi connectivity index (χ0) is 14.0. The number of alkyl halides is 3. The summed E-state index contributed by atoms with van der Waals surface area (Å²) in [6.45, 7) is 0. The van der Waals surface area contributed by atoms with E-state index in [4.69, 9.17) is 34.8 Å². The number of carbonyl (C=O) groups is 1. The fourth-order valence-corrected chi connectivity index (χ4v) is 1.87. The Morgan fingerprint density at radius 2 is 1.74 bits per heavy atom. The molecule has 0 radical (unpaired) electrons. The number of nitrogens with one attached hydrogen (secondary N) is 1. The van der Waals surface area contributed by atoms with E-state index in [1.165, 1.54) is 0 Å². The highest BCUT2D eigenvalue weighted by Gasteiger charge is 2.32. The molecule has 0 fully saturated rings. The second kappa shape index (κ2) is 5.55. The normalized spacial score (nSPS) is 13.3. The van der Waals surface area contributed by atoms with Crippen LogP contribution in [0.15, 0.2) is 42.5 Å². The van der Waals surface area contributed by atoms with Crippen LogP contribution in [0.4, 0.5) is 0 Å². The first-order valence-electron chi connectivity index (χ1n) is 5.43. The van der Waals surface area contributed by atoms with E-state index in [1.54, 1.807) is 12.1 Å². The number of carbonyl (C=O) groups excluding carboxylic acids is 1. The van der Waals surface area contributed by atoms with Gasteiger partial charge in [0.2, 0.25) is 3.79 Å². The van der Waals surface area contributed by atoms with E-state index in [0.717, 1.165) is 10.8 Å². The fraction of sp³-hybridized carbons (Fsp3) is 0.154. The Kier molecular flexibility index (Phi) is 4.21. The number of benzene rings is 2. The summed E-state index contributed by atoms with van der Waals surface area (Å²) in [4.78, 5) is 12.1. The smallest absolute Gasteiger partial charge is 0.254 e. The van der Waals surface area contributed by atoms with Gasteiger partial charge in [0.15, 0.2) is 6.23 Å². The summed E-state index contributed by atoms with van der Waals surface area (Å²) in [7, 11) is 0. The van der Waals surface area contributed by atoms with Crippen molar-refractivity contribution in [2.24, 2.45) is 0 Å². The van der Waals surface area contributed by atoms with E-state index in [2.05, 4.69) is 5.32 Å². The number of fused-ring (bicyclic) bond motifs is 1. The Bertz CT molecular complexity index is 605. The first-order valence-corrected chi connectivity index (χ1v) is 6.56. The van der Waals surface area contributed by atoms with Crippen LogP contribution in [-0.2, 0) is 0 Å². The van der Waals surface area contributed by atoms with Gasteiger partial charge in [0.1, 0.15) is 0 Å².